The van der Waals surface area contributed by atoms with Crippen LogP contribution in [0.1, 0.15) is 23.2 Å². The molecule has 1 amide bonds. The van der Waals surface area contributed by atoms with Crippen LogP contribution in [-0.4, -0.2) is 26.7 Å². The van der Waals surface area contributed by atoms with Crippen molar-refractivity contribution in [2.75, 3.05) is 5.32 Å². The molecule has 6 nitrogen and oxygen atoms in total. The number of carbonyl (C=O) groups excluding carboxylic acids is 1. The van der Waals surface area contributed by atoms with E-state index in [1.165, 1.54) is 0 Å². The van der Waals surface area contributed by atoms with Gasteiger partial charge < -0.3 is 10.6 Å². The second-order valence-electron chi connectivity index (χ2n) is 7.09. The first-order valence-electron chi connectivity index (χ1n) is 9.44. The molecule has 0 radical (unpaired) electrons. The number of halogens is 1. The van der Waals surface area contributed by atoms with E-state index >= 15 is 0 Å². The Balaban J connectivity index is 1.39. The van der Waals surface area contributed by atoms with Crippen molar-refractivity contribution in [2.24, 2.45) is 0 Å². The number of benzene rings is 2. The normalized spacial score (nSPS) is 13.4. The molecular formula is C22H18ClN5O. The number of pyridine rings is 1. The first kappa shape index (κ1) is 17.7. The number of para-hydroxylation sites is 1. The molecule has 1 fully saturated rings. The van der Waals surface area contributed by atoms with Crippen molar-refractivity contribution in [3.8, 4) is 5.82 Å². The van der Waals surface area contributed by atoms with E-state index in [0.717, 1.165) is 35.1 Å². The molecular weight excluding hydrogens is 386 g/mol. The Labute approximate surface area is 172 Å². The zero-order valence-corrected chi connectivity index (χ0v) is 16.2. The minimum Gasteiger partial charge on any atom is -0.354 e. The fraction of sp³-hybridized carbons (Fsp3) is 0.136. The highest BCUT2D eigenvalue weighted by atomic mass is 35.5. The fourth-order valence-corrected chi connectivity index (χ4v) is 3.34. The van der Waals surface area contributed by atoms with Crippen molar-refractivity contribution in [1.82, 2.24) is 20.1 Å². The largest absolute Gasteiger partial charge is 0.354 e. The lowest BCUT2D eigenvalue weighted by Crippen LogP contribution is -2.25. The molecule has 0 spiro atoms. The molecule has 1 aliphatic carbocycles. The Morgan fingerprint density at radius 3 is 2.69 bits per heavy atom. The summed E-state index contributed by atoms with van der Waals surface area (Å²) in [5.74, 6) is 0.585. The van der Waals surface area contributed by atoms with Crippen LogP contribution in [-0.2, 0) is 0 Å². The minimum absolute atomic E-state index is 0.0767. The average Bonchev–Trinajstić information content (AvgIpc) is 3.45. The van der Waals surface area contributed by atoms with Crippen LogP contribution in [0.15, 0.2) is 67.0 Å². The van der Waals surface area contributed by atoms with Crippen LogP contribution in [0.3, 0.4) is 0 Å². The third-order valence-corrected chi connectivity index (χ3v) is 5.19. The van der Waals surface area contributed by atoms with Crippen molar-refractivity contribution in [2.45, 2.75) is 18.9 Å². The summed E-state index contributed by atoms with van der Waals surface area (Å²) in [7, 11) is 0. The fourth-order valence-electron chi connectivity index (χ4n) is 3.15. The molecule has 5 rings (SSSR count). The van der Waals surface area contributed by atoms with Crippen molar-refractivity contribution >= 4 is 39.8 Å². The second-order valence-corrected chi connectivity index (χ2v) is 7.49. The highest BCUT2D eigenvalue weighted by Crippen LogP contribution is 2.27. The van der Waals surface area contributed by atoms with Gasteiger partial charge in [-0.2, -0.15) is 5.10 Å². The lowest BCUT2D eigenvalue weighted by molar-refractivity contribution is 0.0950. The van der Waals surface area contributed by atoms with Gasteiger partial charge in [-0.25, -0.2) is 9.67 Å². The molecule has 7 heteroatoms. The lowest BCUT2D eigenvalue weighted by Gasteiger charge is -2.09. The summed E-state index contributed by atoms with van der Waals surface area (Å²) in [5.41, 5.74) is 3.26. The summed E-state index contributed by atoms with van der Waals surface area (Å²) in [6, 6.07) is 17.5. The van der Waals surface area contributed by atoms with Crippen LogP contribution in [0.2, 0.25) is 5.02 Å². The number of nitrogens with zero attached hydrogens (tertiary/aromatic N) is 3. The number of carbonyl (C=O) groups is 1. The summed E-state index contributed by atoms with van der Waals surface area (Å²) >= 11 is 6.23. The molecule has 0 bridgehead atoms. The first-order chi connectivity index (χ1) is 14.2. The van der Waals surface area contributed by atoms with Crippen LogP contribution in [0, 0.1) is 0 Å². The Kier molecular flexibility index (Phi) is 4.41. The van der Waals surface area contributed by atoms with Crippen molar-refractivity contribution in [3.05, 3.63) is 77.6 Å². The summed E-state index contributed by atoms with van der Waals surface area (Å²) in [6.45, 7) is 0. The molecule has 2 aromatic carbocycles. The molecule has 29 heavy (non-hydrogen) atoms. The lowest BCUT2D eigenvalue weighted by atomic mass is 10.2. The van der Waals surface area contributed by atoms with Gasteiger partial charge in [0.05, 0.1) is 28.0 Å². The van der Waals surface area contributed by atoms with Crippen LogP contribution in [0.4, 0.5) is 11.4 Å². The molecule has 2 aromatic heterocycles. The number of anilines is 2. The summed E-state index contributed by atoms with van der Waals surface area (Å²) in [6.07, 6.45) is 5.50. The molecule has 2 heterocycles. The Bertz CT molecular complexity index is 1200. The maximum Gasteiger partial charge on any atom is 0.253 e. The summed E-state index contributed by atoms with van der Waals surface area (Å²) < 4.78 is 1.76. The molecule has 0 unspecified atom stereocenters. The number of rotatable bonds is 5. The van der Waals surface area contributed by atoms with Crippen LogP contribution < -0.4 is 10.6 Å². The topological polar surface area (TPSA) is 71.8 Å². The zero-order valence-electron chi connectivity index (χ0n) is 15.5. The van der Waals surface area contributed by atoms with E-state index in [9.17, 15) is 4.79 Å². The maximum absolute atomic E-state index is 12.1. The second kappa shape index (κ2) is 7.22. The number of aromatic nitrogens is 3. The standard InChI is InChI=1S/C22H18ClN5O/c23-18-3-1-2-4-19(18)26-17-8-9-20-15(11-17)13-25-28(20)21-10-5-14(12-24-21)22(29)27-16-6-7-16/h1-5,8-13,16,26H,6-7H2,(H,27,29). The van der Waals surface area contributed by atoms with E-state index in [4.69, 9.17) is 11.6 Å². The number of fused-ring (bicyclic) bond motifs is 1. The SMILES string of the molecule is O=C(NC1CC1)c1ccc(-n2ncc3cc(Nc4ccccc4Cl)ccc32)nc1. The minimum atomic E-state index is -0.0767. The maximum atomic E-state index is 12.1. The Hall–Kier alpha value is -3.38. The van der Waals surface area contributed by atoms with Crippen LogP contribution in [0.5, 0.6) is 0 Å². The smallest absolute Gasteiger partial charge is 0.253 e. The van der Waals surface area contributed by atoms with E-state index < -0.39 is 0 Å². The van der Waals surface area contributed by atoms with Crippen molar-refractivity contribution in [3.63, 3.8) is 0 Å². The molecule has 2 N–H and O–H groups in total. The van der Waals surface area contributed by atoms with Gasteiger partial charge in [-0.15, -0.1) is 0 Å². The van der Waals surface area contributed by atoms with Crippen LogP contribution >= 0.6 is 11.6 Å². The monoisotopic (exact) mass is 403 g/mol. The van der Waals surface area contributed by atoms with Gasteiger partial charge in [0.2, 0.25) is 0 Å². The number of nitrogens with one attached hydrogen (secondary N) is 2. The highest BCUT2D eigenvalue weighted by Gasteiger charge is 2.23. The molecule has 0 saturated heterocycles. The van der Waals surface area contributed by atoms with E-state index in [0.29, 0.717) is 22.4 Å². The average molecular weight is 404 g/mol. The van der Waals surface area contributed by atoms with Gasteiger partial charge in [-0.1, -0.05) is 23.7 Å². The third-order valence-electron chi connectivity index (χ3n) is 4.86. The van der Waals surface area contributed by atoms with E-state index in [-0.39, 0.29) is 5.91 Å². The zero-order chi connectivity index (χ0) is 19.8. The predicted molar refractivity (Wildman–Crippen MR) is 114 cm³/mol. The van der Waals surface area contributed by atoms with E-state index in [1.54, 1.807) is 23.1 Å². The van der Waals surface area contributed by atoms with Crippen molar-refractivity contribution in [1.29, 1.82) is 0 Å². The molecule has 1 saturated carbocycles. The summed E-state index contributed by atoms with van der Waals surface area (Å²) in [4.78, 5) is 16.6. The number of amides is 1. The first-order valence-corrected chi connectivity index (χ1v) is 9.82. The van der Waals surface area contributed by atoms with Gasteiger partial charge in [0.1, 0.15) is 0 Å². The van der Waals surface area contributed by atoms with E-state index in [1.807, 2.05) is 48.5 Å². The van der Waals surface area contributed by atoms with Crippen molar-refractivity contribution < 1.29 is 4.79 Å². The van der Waals surface area contributed by atoms with Gasteiger partial charge in [0.15, 0.2) is 5.82 Å². The molecule has 144 valence electrons. The van der Waals surface area contributed by atoms with Gasteiger partial charge in [0.25, 0.3) is 5.91 Å². The van der Waals surface area contributed by atoms with Crippen LogP contribution in [0.25, 0.3) is 16.7 Å². The quantitative estimate of drug-likeness (QED) is 0.506. The molecule has 0 aliphatic heterocycles. The number of hydrogen-bond donors (Lipinski definition) is 2. The predicted octanol–water partition coefficient (Wildman–Crippen LogP) is 4.71. The van der Waals surface area contributed by atoms with Gasteiger partial charge in [0, 0.05) is 23.3 Å². The molecule has 0 atom stereocenters. The molecule has 1 aliphatic rings. The molecule has 4 aromatic rings. The van der Waals surface area contributed by atoms with Gasteiger partial charge in [-0.3, -0.25) is 4.79 Å². The number of hydrogen-bond acceptors (Lipinski definition) is 4. The summed E-state index contributed by atoms with van der Waals surface area (Å²) in [5, 5.41) is 12.4. The third kappa shape index (κ3) is 3.67. The van der Waals surface area contributed by atoms with Gasteiger partial charge in [-0.05, 0) is 55.3 Å². The van der Waals surface area contributed by atoms with Gasteiger partial charge >= 0.3 is 0 Å². The Morgan fingerprint density at radius 2 is 1.93 bits per heavy atom. The Morgan fingerprint density at radius 1 is 1.07 bits per heavy atom. The highest BCUT2D eigenvalue weighted by molar-refractivity contribution is 6.33. The van der Waals surface area contributed by atoms with E-state index in [2.05, 4.69) is 20.7 Å².